The summed E-state index contributed by atoms with van der Waals surface area (Å²) >= 11 is 0. The number of hydrogen-bond donors (Lipinski definition) is 1. The maximum Gasteiger partial charge on any atom is 0.338 e. The predicted molar refractivity (Wildman–Crippen MR) is 104 cm³/mol. The molecule has 2 unspecified atom stereocenters. The zero-order valence-corrected chi connectivity index (χ0v) is 17.3. The summed E-state index contributed by atoms with van der Waals surface area (Å²) in [5.74, 6) is -0.772. The Balaban J connectivity index is 0.00000280. The van der Waals surface area contributed by atoms with E-state index in [1.54, 1.807) is 6.92 Å². The van der Waals surface area contributed by atoms with Gasteiger partial charge in [0.1, 0.15) is 0 Å². The Kier molecular flexibility index (Phi) is 7.02. The van der Waals surface area contributed by atoms with Gasteiger partial charge in [0.2, 0.25) is 10.0 Å². The molecule has 1 aromatic rings. The van der Waals surface area contributed by atoms with Crippen LogP contribution in [0.1, 0.15) is 42.1 Å². The molecule has 0 spiro atoms. The molecule has 0 amide bonds. The lowest BCUT2D eigenvalue weighted by molar-refractivity contribution is -0.385. The van der Waals surface area contributed by atoms with E-state index in [2.05, 4.69) is 5.32 Å². The number of ether oxygens (including phenoxy) is 1. The Bertz CT molecular complexity index is 876. The zero-order chi connectivity index (χ0) is 19.8. The minimum absolute atomic E-state index is 0. The highest BCUT2D eigenvalue weighted by molar-refractivity contribution is 7.89. The average molecular weight is 434 g/mol. The minimum Gasteiger partial charge on any atom is -0.462 e. The molecule has 0 radical (unpaired) electrons. The number of hydrogen-bond acceptors (Lipinski definition) is 7. The van der Waals surface area contributed by atoms with Crippen LogP contribution in [0.25, 0.3) is 0 Å². The molecule has 0 aliphatic carbocycles. The largest absolute Gasteiger partial charge is 0.462 e. The molecular weight excluding hydrogens is 410 g/mol. The van der Waals surface area contributed by atoms with Gasteiger partial charge in [-0.1, -0.05) is 0 Å². The number of esters is 1. The first kappa shape index (κ1) is 22.5. The van der Waals surface area contributed by atoms with Crippen LogP contribution in [0.2, 0.25) is 0 Å². The highest BCUT2D eigenvalue weighted by Gasteiger charge is 2.36. The van der Waals surface area contributed by atoms with Gasteiger partial charge in [-0.2, -0.15) is 4.31 Å². The minimum atomic E-state index is -3.97. The van der Waals surface area contributed by atoms with Crippen molar-refractivity contribution < 1.29 is 22.9 Å². The van der Waals surface area contributed by atoms with Gasteiger partial charge in [-0.25, -0.2) is 13.2 Å². The van der Waals surface area contributed by atoms with Crippen molar-refractivity contribution in [2.24, 2.45) is 0 Å². The zero-order valence-electron chi connectivity index (χ0n) is 15.7. The summed E-state index contributed by atoms with van der Waals surface area (Å²) in [5.41, 5.74) is -0.415. The van der Waals surface area contributed by atoms with Crippen molar-refractivity contribution in [3.05, 3.63) is 33.4 Å². The van der Waals surface area contributed by atoms with Crippen molar-refractivity contribution >= 4 is 34.1 Å². The number of nitro groups is 1. The van der Waals surface area contributed by atoms with Gasteiger partial charge in [0.25, 0.3) is 5.69 Å². The van der Waals surface area contributed by atoms with Crippen molar-refractivity contribution in [1.82, 2.24) is 9.62 Å². The topological polar surface area (TPSA) is 119 Å². The number of benzene rings is 1. The van der Waals surface area contributed by atoms with Crippen molar-refractivity contribution in [2.75, 3.05) is 19.7 Å². The maximum atomic E-state index is 13.2. The second kappa shape index (κ2) is 8.73. The fourth-order valence-corrected chi connectivity index (χ4v) is 5.26. The van der Waals surface area contributed by atoms with Crippen molar-refractivity contribution in [2.45, 2.75) is 50.1 Å². The molecular formula is C17H24ClN3O6S. The number of carbonyl (C=O) groups is 1. The van der Waals surface area contributed by atoms with Crippen LogP contribution in [-0.4, -0.2) is 55.4 Å². The average Bonchev–Trinajstić information content (AvgIpc) is 2.92. The van der Waals surface area contributed by atoms with E-state index in [4.69, 9.17) is 4.74 Å². The molecule has 11 heteroatoms. The molecule has 9 nitrogen and oxygen atoms in total. The van der Waals surface area contributed by atoms with Crippen LogP contribution < -0.4 is 5.32 Å². The first-order valence-corrected chi connectivity index (χ1v) is 10.4. The van der Waals surface area contributed by atoms with E-state index in [0.29, 0.717) is 25.6 Å². The third-order valence-electron chi connectivity index (χ3n) is 5.17. The number of nitro benzene ring substituents is 1. The summed E-state index contributed by atoms with van der Waals surface area (Å²) in [6.07, 6.45) is 2.62. The molecule has 2 aliphatic heterocycles. The first-order chi connectivity index (χ1) is 12.7. The molecule has 156 valence electrons. The molecule has 2 aliphatic rings. The van der Waals surface area contributed by atoms with E-state index in [0.717, 1.165) is 18.9 Å². The summed E-state index contributed by atoms with van der Waals surface area (Å²) in [4.78, 5) is 22.7. The monoisotopic (exact) mass is 433 g/mol. The van der Waals surface area contributed by atoms with Crippen LogP contribution in [0.3, 0.4) is 0 Å². The SMILES string of the molecule is CCOC(=O)c1cc(S(=O)(=O)N2CCC3CCC(C2)N3)cc([N+](=O)[O-])c1C.Cl. The second-order valence-corrected chi connectivity index (χ2v) is 8.82. The summed E-state index contributed by atoms with van der Waals surface area (Å²) < 4.78 is 32.6. The molecule has 0 saturated carbocycles. The predicted octanol–water partition coefficient (Wildman–Crippen LogP) is 2.02. The third-order valence-corrected chi connectivity index (χ3v) is 7.01. The lowest BCUT2D eigenvalue weighted by atomic mass is 10.1. The van der Waals surface area contributed by atoms with E-state index in [1.165, 1.54) is 17.3 Å². The highest BCUT2D eigenvalue weighted by Crippen LogP contribution is 2.30. The van der Waals surface area contributed by atoms with Crippen molar-refractivity contribution in [3.8, 4) is 0 Å². The molecule has 2 atom stereocenters. The number of sulfonamides is 1. The fourth-order valence-electron chi connectivity index (χ4n) is 3.71. The summed E-state index contributed by atoms with van der Waals surface area (Å²) in [6.45, 7) is 3.77. The molecule has 1 aromatic carbocycles. The normalized spacial score (nSPS) is 22.2. The van der Waals surface area contributed by atoms with Gasteiger partial charge in [0.05, 0.1) is 22.0 Å². The van der Waals surface area contributed by atoms with Gasteiger partial charge in [-0.3, -0.25) is 10.1 Å². The van der Waals surface area contributed by atoms with E-state index < -0.39 is 26.6 Å². The molecule has 0 aromatic heterocycles. The van der Waals surface area contributed by atoms with Crippen LogP contribution in [0, 0.1) is 17.0 Å². The van der Waals surface area contributed by atoms with Gasteiger partial charge in [-0.15, -0.1) is 12.4 Å². The summed E-state index contributed by atoms with van der Waals surface area (Å²) in [6, 6.07) is 2.60. The number of nitrogens with zero attached hydrogens (tertiary/aromatic N) is 2. The van der Waals surface area contributed by atoms with E-state index >= 15 is 0 Å². The number of halogens is 1. The second-order valence-electron chi connectivity index (χ2n) is 6.88. The van der Waals surface area contributed by atoms with Crippen molar-refractivity contribution in [3.63, 3.8) is 0 Å². The Hall–Kier alpha value is -1.75. The van der Waals surface area contributed by atoms with Crippen LogP contribution in [0.5, 0.6) is 0 Å². The van der Waals surface area contributed by atoms with Crippen LogP contribution in [0.15, 0.2) is 17.0 Å². The molecule has 3 rings (SSSR count). The third kappa shape index (κ3) is 4.29. The summed E-state index contributed by atoms with van der Waals surface area (Å²) in [5, 5.41) is 14.8. The Morgan fingerprint density at radius 2 is 2.00 bits per heavy atom. The van der Waals surface area contributed by atoms with Gasteiger partial charge in [0.15, 0.2) is 0 Å². The van der Waals surface area contributed by atoms with Gasteiger partial charge in [-0.05, 0) is 39.2 Å². The lowest BCUT2D eigenvalue weighted by Crippen LogP contribution is -2.39. The Morgan fingerprint density at radius 3 is 2.64 bits per heavy atom. The molecule has 2 bridgehead atoms. The molecule has 2 fully saturated rings. The van der Waals surface area contributed by atoms with E-state index in [9.17, 15) is 23.3 Å². The van der Waals surface area contributed by atoms with E-state index in [-0.39, 0.29) is 41.1 Å². The van der Waals surface area contributed by atoms with Gasteiger partial charge in [0, 0.05) is 36.8 Å². The smallest absolute Gasteiger partial charge is 0.338 e. The number of carbonyl (C=O) groups excluding carboxylic acids is 1. The fraction of sp³-hybridized carbons (Fsp3) is 0.588. The lowest BCUT2D eigenvalue weighted by Gasteiger charge is -2.24. The van der Waals surface area contributed by atoms with Gasteiger partial charge >= 0.3 is 5.97 Å². The number of rotatable bonds is 5. The van der Waals surface area contributed by atoms with Crippen LogP contribution in [0.4, 0.5) is 5.69 Å². The van der Waals surface area contributed by atoms with Crippen molar-refractivity contribution in [1.29, 1.82) is 0 Å². The molecule has 1 N–H and O–H groups in total. The maximum absolute atomic E-state index is 13.2. The molecule has 2 saturated heterocycles. The molecule has 28 heavy (non-hydrogen) atoms. The van der Waals surface area contributed by atoms with Gasteiger partial charge < -0.3 is 10.1 Å². The van der Waals surface area contributed by atoms with Crippen LogP contribution >= 0.6 is 12.4 Å². The Labute approximate surface area is 170 Å². The number of fused-ring (bicyclic) bond motifs is 2. The highest BCUT2D eigenvalue weighted by atomic mass is 35.5. The summed E-state index contributed by atoms with van der Waals surface area (Å²) in [7, 11) is -3.97. The number of nitrogens with one attached hydrogen (secondary N) is 1. The van der Waals surface area contributed by atoms with E-state index in [1.807, 2.05) is 0 Å². The molecule has 2 heterocycles. The first-order valence-electron chi connectivity index (χ1n) is 8.96. The van der Waals surface area contributed by atoms with Crippen LogP contribution in [-0.2, 0) is 14.8 Å². The Morgan fingerprint density at radius 1 is 1.32 bits per heavy atom. The quantitative estimate of drug-likeness (QED) is 0.428. The standard InChI is InChI=1S/C17H23N3O6S.ClH/c1-3-26-17(21)15-8-14(9-16(11(15)2)20(22)23)27(24,25)19-7-6-12-4-5-13(10-19)18-12;/h8-9,12-13,18H,3-7,10H2,1-2H3;1H.